The van der Waals surface area contributed by atoms with Crippen molar-refractivity contribution in [1.29, 1.82) is 0 Å². The highest BCUT2D eigenvalue weighted by Gasteiger charge is 2.49. The summed E-state index contributed by atoms with van der Waals surface area (Å²) in [6.45, 7) is 3.56. The van der Waals surface area contributed by atoms with E-state index in [0.717, 1.165) is 57.4 Å². The van der Waals surface area contributed by atoms with Crippen LogP contribution in [0.5, 0.6) is 0 Å². The summed E-state index contributed by atoms with van der Waals surface area (Å²) >= 11 is 0. The molecule has 1 saturated carbocycles. The predicted molar refractivity (Wildman–Crippen MR) is 89.2 cm³/mol. The average molecular weight is 328 g/mol. The van der Waals surface area contributed by atoms with Crippen LogP contribution in [0.2, 0.25) is 0 Å². The van der Waals surface area contributed by atoms with E-state index in [-0.39, 0.29) is 11.5 Å². The minimum atomic E-state index is -0.223. The van der Waals surface area contributed by atoms with Gasteiger partial charge in [-0.15, -0.1) is 0 Å². The summed E-state index contributed by atoms with van der Waals surface area (Å²) in [7, 11) is 0. The Labute approximate surface area is 142 Å². The van der Waals surface area contributed by atoms with E-state index in [0.29, 0.717) is 18.4 Å². The van der Waals surface area contributed by atoms with E-state index in [2.05, 4.69) is 0 Å². The van der Waals surface area contributed by atoms with Crippen LogP contribution in [0.25, 0.3) is 0 Å². The first-order valence-corrected chi connectivity index (χ1v) is 8.90. The molecule has 4 rings (SSSR count). The van der Waals surface area contributed by atoms with Gasteiger partial charge in [0.25, 0.3) is 0 Å². The second-order valence-electron chi connectivity index (χ2n) is 7.50. The molecule has 2 amide bonds. The molecule has 5 nitrogen and oxygen atoms in total. The third-order valence-electron chi connectivity index (χ3n) is 5.58. The number of hydrogen-bond acceptors (Lipinski definition) is 3. The van der Waals surface area contributed by atoms with Gasteiger partial charge in [0.05, 0.1) is 0 Å². The van der Waals surface area contributed by atoms with Crippen molar-refractivity contribution >= 4 is 12.0 Å². The Morgan fingerprint density at radius 3 is 2.33 bits per heavy atom. The first kappa shape index (κ1) is 15.5. The number of carbonyl (C=O) groups excluding carboxylic acids is 2. The topological polar surface area (TPSA) is 49.9 Å². The molecule has 2 heterocycles. The van der Waals surface area contributed by atoms with Crippen molar-refractivity contribution < 1.29 is 14.3 Å². The summed E-state index contributed by atoms with van der Waals surface area (Å²) in [5.41, 5.74) is 1.26. The maximum Gasteiger partial charge on any atom is 0.410 e. The molecular formula is C19H24N2O3. The van der Waals surface area contributed by atoms with Crippen molar-refractivity contribution in [3.63, 3.8) is 0 Å². The fourth-order valence-electron chi connectivity index (χ4n) is 3.80. The maximum atomic E-state index is 12.2. The molecule has 0 unspecified atom stereocenters. The molecule has 128 valence electrons. The summed E-state index contributed by atoms with van der Waals surface area (Å²) in [4.78, 5) is 28.1. The monoisotopic (exact) mass is 328 g/mol. The number of amides is 2. The third kappa shape index (κ3) is 3.12. The lowest BCUT2D eigenvalue weighted by atomic mass is 9.72. The molecule has 3 aliphatic rings. The molecule has 1 spiro atoms. The summed E-state index contributed by atoms with van der Waals surface area (Å²) in [6, 6.07) is 9.75. The van der Waals surface area contributed by atoms with Gasteiger partial charge in [-0.1, -0.05) is 30.3 Å². The van der Waals surface area contributed by atoms with E-state index >= 15 is 0 Å². The Morgan fingerprint density at radius 2 is 1.71 bits per heavy atom. The minimum absolute atomic E-state index is 0.223. The van der Waals surface area contributed by atoms with Crippen LogP contribution in [0.4, 0.5) is 4.79 Å². The van der Waals surface area contributed by atoms with Gasteiger partial charge in [0.15, 0.2) is 0 Å². The molecule has 5 heteroatoms. The van der Waals surface area contributed by atoms with Gasteiger partial charge in [-0.2, -0.15) is 0 Å². The quantitative estimate of drug-likeness (QED) is 0.857. The maximum absolute atomic E-state index is 12.2. The number of carbonyl (C=O) groups is 2. The summed E-state index contributed by atoms with van der Waals surface area (Å²) in [6.07, 6.45) is 3.87. The molecule has 1 aromatic carbocycles. The summed E-state index contributed by atoms with van der Waals surface area (Å²) in [5.74, 6) is 0.667. The van der Waals surface area contributed by atoms with Gasteiger partial charge in [-0.3, -0.25) is 4.79 Å². The van der Waals surface area contributed by atoms with Crippen LogP contribution in [0.1, 0.15) is 31.2 Å². The third-order valence-corrected chi connectivity index (χ3v) is 5.58. The summed E-state index contributed by atoms with van der Waals surface area (Å²) in [5, 5.41) is 0. The smallest absolute Gasteiger partial charge is 0.410 e. The van der Waals surface area contributed by atoms with Crippen molar-refractivity contribution in [1.82, 2.24) is 9.80 Å². The highest BCUT2D eigenvalue weighted by atomic mass is 16.6. The molecule has 2 saturated heterocycles. The van der Waals surface area contributed by atoms with Gasteiger partial charge in [-0.05, 0) is 31.2 Å². The van der Waals surface area contributed by atoms with Crippen LogP contribution in [0.3, 0.4) is 0 Å². The standard InChI is InChI=1S/C19H24N2O3/c22-17(16-6-7-16)21-13-19(14-21)8-10-20(11-9-19)18(23)24-12-15-4-2-1-3-5-15/h1-5,16H,6-14H2. The molecule has 0 N–H and O–H groups in total. The fraction of sp³-hybridized carbons (Fsp3) is 0.579. The number of hydrogen-bond donors (Lipinski definition) is 0. The van der Waals surface area contributed by atoms with Gasteiger partial charge >= 0.3 is 6.09 Å². The zero-order valence-corrected chi connectivity index (χ0v) is 13.9. The lowest BCUT2D eigenvalue weighted by Crippen LogP contribution is -2.62. The van der Waals surface area contributed by atoms with Crippen LogP contribution < -0.4 is 0 Å². The molecule has 1 aliphatic carbocycles. The van der Waals surface area contributed by atoms with Gasteiger partial charge < -0.3 is 14.5 Å². The van der Waals surface area contributed by atoms with Crippen molar-refractivity contribution in [2.45, 2.75) is 32.3 Å². The summed E-state index contributed by atoms with van der Waals surface area (Å²) < 4.78 is 5.41. The zero-order valence-electron chi connectivity index (χ0n) is 13.9. The van der Waals surface area contributed by atoms with Crippen LogP contribution >= 0.6 is 0 Å². The van der Waals surface area contributed by atoms with Crippen LogP contribution in [-0.2, 0) is 16.1 Å². The minimum Gasteiger partial charge on any atom is -0.445 e. The Morgan fingerprint density at radius 1 is 1.04 bits per heavy atom. The first-order valence-electron chi connectivity index (χ1n) is 8.90. The van der Waals surface area contributed by atoms with Gasteiger partial charge in [0, 0.05) is 37.5 Å². The number of nitrogens with zero attached hydrogens (tertiary/aromatic N) is 2. The number of rotatable bonds is 3. The second kappa shape index (κ2) is 6.11. The van der Waals surface area contributed by atoms with Crippen molar-refractivity contribution in [3.05, 3.63) is 35.9 Å². The fourth-order valence-corrected chi connectivity index (χ4v) is 3.80. The van der Waals surface area contributed by atoms with Crippen LogP contribution in [-0.4, -0.2) is 48.0 Å². The van der Waals surface area contributed by atoms with E-state index in [1.807, 2.05) is 35.2 Å². The predicted octanol–water partition coefficient (Wildman–Crippen LogP) is 2.66. The molecular weight excluding hydrogens is 304 g/mol. The number of ether oxygens (including phenoxy) is 1. The Kier molecular flexibility index (Phi) is 3.94. The average Bonchev–Trinajstić information content (AvgIpc) is 3.43. The molecule has 24 heavy (non-hydrogen) atoms. The van der Waals surface area contributed by atoms with Crippen molar-refractivity contribution in [2.24, 2.45) is 11.3 Å². The molecule has 0 radical (unpaired) electrons. The Hall–Kier alpha value is -2.04. The molecule has 0 aromatic heterocycles. The molecule has 2 aliphatic heterocycles. The van der Waals surface area contributed by atoms with E-state index in [1.165, 1.54) is 0 Å². The molecule has 1 aromatic rings. The van der Waals surface area contributed by atoms with Gasteiger partial charge in [0.1, 0.15) is 6.61 Å². The lowest BCUT2D eigenvalue weighted by Gasteiger charge is -2.53. The second-order valence-corrected chi connectivity index (χ2v) is 7.50. The SMILES string of the molecule is O=C(OCc1ccccc1)N1CCC2(CC1)CN(C(=O)C1CC1)C2. The Bertz CT molecular complexity index is 611. The van der Waals surface area contributed by atoms with Crippen molar-refractivity contribution in [3.8, 4) is 0 Å². The van der Waals surface area contributed by atoms with E-state index in [1.54, 1.807) is 4.90 Å². The highest BCUT2D eigenvalue weighted by molar-refractivity contribution is 5.82. The number of piperidine rings is 1. The molecule has 0 bridgehead atoms. The van der Waals surface area contributed by atoms with E-state index < -0.39 is 0 Å². The van der Waals surface area contributed by atoms with Crippen molar-refractivity contribution in [2.75, 3.05) is 26.2 Å². The Balaban J connectivity index is 1.22. The van der Waals surface area contributed by atoms with Gasteiger partial charge in [-0.25, -0.2) is 4.79 Å². The number of likely N-dealkylation sites (tertiary alicyclic amines) is 2. The molecule has 3 fully saturated rings. The van der Waals surface area contributed by atoms with Crippen LogP contribution in [0, 0.1) is 11.3 Å². The lowest BCUT2D eigenvalue weighted by molar-refractivity contribution is -0.148. The normalized spacial score (nSPS) is 22.2. The van der Waals surface area contributed by atoms with E-state index in [4.69, 9.17) is 4.74 Å². The van der Waals surface area contributed by atoms with Gasteiger partial charge in [0.2, 0.25) is 5.91 Å². The largest absolute Gasteiger partial charge is 0.445 e. The number of benzene rings is 1. The zero-order chi connectivity index (χ0) is 16.6. The highest BCUT2D eigenvalue weighted by Crippen LogP contribution is 2.43. The molecule has 0 atom stereocenters. The van der Waals surface area contributed by atoms with Crippen LogP contribution in [0.15, 0.2) is 30.3 Å². The first-order chi connectivity index (χ1) is 11.7. The van der Waals surface area contributed by atoms with E-state index in [9.17, 15) is 9.59 Å².